The van der Waals surface area contributed by atoms with Gasteiger partial charge in [0.1, 0.15) is 0 Å². The van der Waals surface area contributed by atoms with Gasteiger partial charge < -0.3 is 10.5 Å². The molecule has 0 bridgehead atoms. The van der Waals surface area contributed by atoms with E-state index < -0.39 is 10.0 Å². The zero-order valence-corrected chi connectivity index (χ0v) is 12.0. The summed E-state index contributed by atoms with van der Waals surface area (Å²) < 4.78 is 31.4. The lowest BCUT2D eigenvalue weighted by molar-refractivity contribution is 0.0979. The van der Waals surface area contributed by atoms with Crippen molar-refractivity contribution in [2.24, 2.45) is 5.73 Å². The zero-order valence-electron chi connectivity index (χ0n) is 10.3. The average molecular weight is 290 g/mol. The molecule has 1 aromatic heterocycles. The number of hydrogen-bond donors (Lipinski definition) is 1. The number of ether oxygens (including phenoxy) is 1. The van der Waals surface area contributed by atoms with Crippen LogP contribution in [0.2, 0.25) is 0 Å². The largest absolute Gasteiger partial charge is 0.377 e. The fourth-order valence-corrected chi connectivity index (χ4v) is 4.30. The molecule has 2 heterocycles. The molecular weight excluding hydrogens is 272 g/mol. The van der Waals surface area contributed by atoms with E-state index in [2.05, 4.69) is 0 Å². The molecule has 102 valence electrons. The second-order valence-electron chi connectivity index (χ2n) is 4.37. The van der Waals surface area contributed by atoms with E-state index in [1.807, 2.05) is 0 Å². The Hall–Kier alpha value is -0.470. The van der Waals surface area contributed by atoms with Crippen LogP contribution >= 0.6 is 11.3 Å². The van der Waals surface area contributed by atoms with Gasteiger partial charge in [0.15, 0.2) is 0 Å². The van der Waals surface area contributed by atoms with Crippen molar-refractivity contribution in [1.82, 2.24) is 4.31 Å². The van der Waals surface area contributed by atoms with E-state index in [1.54, 1.807) is 18.5 Å². The Balaban J connectivity index is 2.09. The van der Waals surface area contributed by atoms with Gasteiger partial charge in [-0.15, -0.1) is 11.3 Å². The Morgan fingerprint density at radius 2 is 2.39 bits per heavy atom. The Labute approximate surface area is 112 Å². The van der Waals surface area contributed by atoms with Gasteiger partial charge in [-0.2, -0.15) is 4.31 Å². The van der Waals surface area contributed by atoms with Crippen LogP contribution < -0.4 is 5.73 Å². The highest BCUT2D eigenvalue weighted by Crippen LogP contribution is 2.23. The molecule has 5 nitrogen and oxygen atoms in total. The number of hydrogen-bond acceptors (Lipinski definition) is 5. The Kier molecular flexibility index (Phi) is 4.39. The van der Waals surface area contributed by atoms with Crippen LogP contribution in [0.3, 0.4) is 0 Å². The summed E-state index contributed by atoms with van der Waals surface area (Å²) in [5.74, 6) is 0. The lowest BCUT2D eigenvalue weighted by Crippen LogP contribution is -2.33. The standard InChI is InChI=1S/C11H18N2O3S2/c1-13(7-9-3-2-4-16-9)18(14,15)11-5-10(6-12)17-8-11/h5,8-9H,2-4,6-7,12H2,1H3. The number of rotatable bonds is 5. The Bertz CT molecular complexity index is 492. The van der Waals surface area contributed by atoms with Gasteiger partial charge in [0.25, 0.3) is 0 Å². The van der Waals surface area contributed by atoms with Crippen molar-refractivity contribution < 1.29 is 13.2 Å². The molecule has 7 heteroatoms. The smallest absolute Gasteiger partial charge is 0.243 e. The topological polar surface area (TPSA) is 72.6 Å². The normalized spacial score (nSPS) is 20.7. The summed E-state index contributed by atoms with van der Waals surface area (Å²) in [7, 11) is -1.81. The molecular formula is C11H18N2O3S2. The lowest BCUT2D eigenvalue weighted by Gasteiger charge is -2.19. The first-order valence-electron chi connectivity index (χ1n) is 5.89. The van der Waals surface area contributed by atoms with E-state index in [4.69, 9.17) is 10.5 Å². The number of sulfonamides is 1. The fraction of sp³-hybridized carbons (Fsp3) is 0.636. The van der Waals surface area contributed by atoms with E-state index in [0.29, 0.717) is 18.0 Å². The third-order valence-corrected chi connectivity index (χ3v) is 5.93. The van der Waals surface area contributed by atoms with Crippen molar-refractivity contribution in [2.45, 2.75) is 30.4 Å². The molecule has 0 saturated carbocycles. The summed E-state index contributed by atoms with van der Waals surface area (Å²) in [6, 6.07) is 1.64. The molecule has 2 rings (SSSR count). The molecule has 0 spiro atoms. The molecule has 0 amide bonds. The molecule has 0 aliphatic carbocycles. The van der Waals surface area contributed by atoms with Gasteiger partial charge in [0.2, 0.25) is 10.0 Å². The summed E-state index contributed by atoms with van der Waals surface area (Å²) in [4.78, 5) is 1.20. The summed E-state index contributed by atoms with van der Waals surface area (Å²) in [5.41, 5.74) is 5.50. The van der Waals surface area contributed by atoms with Gasteiger partial charge in [-0.1, -0.05) is 0 Å². The van der Waals surface area contributed by atoms with Crippen LogP contribution in [0.15, 0.2) is 16.3 Å². The first-order valence-corrected chi connectivity index (χ1v) is 8.21. The molecule has 1 atom stereocenters. The highest BCUT2D eigenvalue weighted by Gasteiger charge is 2.26. The first-order chi connectivity index (χ1) is 8.54. The van der Waals surface area contributed by atoms with Crippen molar-refractivity contribution in [3.63, 3.8) is 0 Å². The van der Waals surface area contributed by atoms with Crippen molar-refractivity contribution in [3.8, 4) is 0 Å². The third kappa shape index (κ3) is 2.92. The van der Waals surface area contributed by atoms with E-state index in [9.17, 15) is 8.42 Å². The maximum Gasteiger partial charge on any atom is 0.243 e. The summed E-state index contributed by atoms with van der Waals surface area (Å²) >= 11 is 1.37. The minimum absolute atomic E-state index is 0.0254. The molecule has 1 unspecified atom stereocenters. The van der Waals surface area contributed by atoms with E-state index in [1.165, 1.54) is 15.6 Å². The van der Waals surface area contributed by atoms with Crippen molar-refractivity contribution in [1.29, 1.82) is 0 Å². The quantitative estimate of drug-likeness (QED) is 0.878. The molecule has 1 aliphatic rings. The highest BCUT2D eigenvalue weighted by atomic mass is 32.2. The van der Waals surface area contributed by atoms with Crippen LogP contribution in [-0.4, -0.2) is 39.0 Å². The number of nitrogens with zero attached hydrogens (tertiary/aromatic N) is 1. The zero-order chi connectivity index (χ0) is 13.2. The second-order valence-corrected chi connectivity index (χ2v) is 7.41. The number of nitrogens with two attached hydrogens (primary N) is 1. The molecule has 0 aromatic carbocycles. The fourth-order valence-electron chi connectivity index (χ4n) is 1.96. The Morgan fingerprint density at radius 3 is 2.94 bits per heavy atom. The number of likely N-dealkylation sites (N-methyl/N-ethyl adjacent to an activating group) is 1. The molecule has 1 saturated heterocycles. The summed E-state index contributed by atoms with van der Waals surface area (Å²) in [6.45, 7) is 1.51. The predicted molar refractivity (Wildman–Crippen MR) is 71.0 cm³/mol. The van der Waals surface area contributed by atoms with Crippen LogP contribution in [0, 0.1) is 0 Å². The Morgan fingerprint density at radius 1 is 1.61 bits per heavy atom. The summed E-state index contributed by atoms with van der Waals surface area (Å²) in [5, 5.41) is 1.64. The number of thiophene rings is 1. The van der Waals surface area contributed by atoms with Gasteiger partial charge in [-0.05, 0) is 18.9 Å². The maximum absolute atomic E-state index is 12.3. The van der Waals surface area contributed by atoms with Crippen LogP contribution in [0.5, 0.6) is 0 Å². The van der Waals surface area contributed by atoms with Crippen LogP contribution in [0.4, 0.5) is 0 Å². The minimum Gasteiger partial charge on any atom is -0.377 e. The van der Waals surface area contributed by atoms with Crippen molar-refractivity contribution >= 4 is 21.4 Å². The predicted octanol–water partition coefficient (Wildman–Crippen LogP) is 1.01. The van der Waals surface area contributed by atoms with Gasteiger partial charge in [0.05, 0.1) is 11.0 Å². The molecule has 0 radical (unpaired) electrons. The minimum atomic E-state index is -3.41. The van der Waals surface area contributed by atoms with E-state index in [0.717, 1.165) is 24.3 Å². The van der Waals surface area contributed by atoms with Crippen molar-refractivity contribution in [3.05, 3.63) is 16.3 Å². The van der Waals surface area contributed by atoms with Crippen LogP contribution in [0.25, 0.3) is 0 Å². The second kappa shape index (κ2) is 5.66. The SMILES string of the molecule is CN(CC1CCCO1)S(=O)(=O)c1csc(CN)c1. The van der Waals surface area contributed by atoms with Gasteiger partial charge >= 0.3 is 0 Å². The van der Waals surface area contributed by atoms with Gasteiger partial charge in [0, 0.05) is 37.0 Å². The van der Waals surface area contributed by atoms with E-state index in [-0.39, 0.29) is 6.10 Å². The summed E-state index contributed by atoms with van der Waals surface area (Å²) in [6.07, 6.45) is 1.96. The average Bonchev–Trinajstić information content (AvgIpc) is 2.99. The third-order valence-electron chi connectivity index (χ3n) is 3.02. The monoisotopic (exact) mass is 290 g/mol. The van der Waals surface area contributed by atoms with E-state index >= 15 is 0 Å². The lowest BCUT2D eigenvalue weighted by atomic mass is 10.2. The molecule has 1 aliphatic heterocycles. The first kappa shape index (κ1) is 14.0. The van der Waals surface area contributed by atoms with Crippen LogP contribution in [0.1, 0.15) is 17.7 Å². The maximum atomic E-state index is 12.3. The molecule has 2 N–H and O–H groups in total. The van der Waals surface area contributed by atoms with Gasteiger partial charge in [-0.3, -0.25) is 0 Å². The van der Waals surface area contributed by atoms with Gasteiger partial charge in [-0.25, -0.2) is 8.42 Å². The molecule has 18 heavy (non-hydrogen) atoms. The van der Waals surface area contributed by atoms with Crippen molar-refractivity contribution in [2.75, 3.05) is 20.2 Å². The molecule has 1 aromatic rings. The molecule has 1 fully saturated rings. The highest BCUT2D eigenvalue weighted by molar-refractivity contribution is 7.89. The van der Waals surface area contributed by atoms with Crippen LogP contribution in [-0.2, 0) is 21.3 Å².